The van der Waals surface area contributed by atoms with Crippen molar-refractivity contribution in [1.29, 1.82) is 0 Å². The van der Waals surface area contributed by atoms with Gasteiger partial charge in [0, 0.05) is 5.38 Å². The number of ether oxygens (including phenoxy) is 2. The zero-order valence-corrected chi connectivity index (χ0v) is 17.7. The number of hydrogen-bond acceptors (Lipinski definition) is 7. The van der Waals surface area contributed by atoms with Gasteiger partial charge in [-0.2, -0.15) is 5.10 Å². The molecule has 30 heavy (non-hydrogen) atoms. The minimum atomic E-state index is -0.264. The van der Waals surface area contributed by atoms with E-state index in [1.807, 2.05) is 50.2 Å². The van der Waals surface area contributed by atoms with Crippen molar-refractivity contribution < 1.29 is 14.3 Å². The smallest absolute Gasteiger partial charge is 0.246 e. The predicted molar refractivity (Wildman–Crippen MR) is 119 cm³/mol. The van der Waals surface area contributed by atoms with Crippen molar-refractivity contribution in [3.8, 4) is 11.5 Å². The second kappa shape index (κ2) is 10.4. The summed E-state index contributed by atoms with van der Waals surface area (Å²) >= 11 is 1.30. The molecule has 0 radical (unpaired) electrons. The van der Waals surface area contributed by atoms with Gasteiger partial charge in [0.05, 0.1) is 24.9 Å². The molecule has 1 heterocycles. The summed E-state index contributed by atoms with van der Waals surface area (Å²) in [5.41, 5.74) is 11.7. The number of nitrogen functional groups attached to an aromatic ring is 1. The van der Waals surface area contributed by atoms with Crippen LogP contribution >= 0.6 is 11.3 Å². The molecular formula is C22H24N4O3S. The highest BCUT2D eigenvalue weighted by Gasteiger charge is 2.08. The van der Waals surface area contributed by atoms with Gasteiger partial charge < -0.3 is 15.2 Å². The Bertz CT molecular complexity index is 1030. The van der Waals surface area contributed by atoms with E-state index in [4.69, 9.17) is 15.2 Å². The lowest BCUT2D eigenvalue weighted by molar-refractivity contribution is -0.120. The van der Waals surface area contributed by atoms with E-state index in [2.05, 4.69) is 21.6 Å². The molecule has 0 bridgehead atoms. The fourth-order valence-electron chi connectivity index (χ4n) is 2.74. The molecule has 3 aromatic rings. The van der Waals surface area contributed by atoms with Gasteiger partial charge in [0.2, 0.25) is 5.91 Å². The molecule has 0 aliphatic heterocycles. The molecule has 0 fully saturated rings. The zero-order chi connectivity index (χ0) is 21.3. The molecule has 3 N–H and O–H groups in total. The van der Waals surface area contributed by atoms with Crippen LogP contribution in [0, 0.1) is 6.92 Å². The molecule has 1 aromatic heterocycles. The molecule has 0 unspecified atom stereocenters. The third kappa shape index (κ3) is 6.31. The Morgan fingerprint density at radius 2 is 2.10 bits per heavy atom. The fraction of sp³-hybridized carbons (Fsp3) is 0.227. The molecule has 0 aliphatic carbocycles. The van der Waals surface area contributed by atoms with Gasteiger partial charge >= 0.3 is 0 Å². The minimum absolute atomic E-state index is 0.126. The molecule has 2 aromatic carbocycles. The Balaban J connectivity index is 1.60. The number of anilines is 1. The number of thiazole rings is 1. The molecule has 0 saturated carbocycles. The summed E-state index contributed by atoms with van der Waals surface area (Å²) in [6.45, 7) is 4.92. The number of nitrogens with two attached hydrogens (primary N) is 1. The lowest BCUT2D eigenvalue weighted by Crippen LogP contribution is -2.19. The predicted octanol–water partition coefficient (Wildman–Crippen LogP) is 3.70. The molecule has 0 aliphatic rings. The van der Waals surface area contributed by atoms with Gasteiger partial charge in [-0.05, 0) is 43.2 Å². The van der Waals surface area contributed by atoms with Crippen molar-refractivity contribution in [3.05, 3.63) is 70.2 Å². The Kier molecular flexibility index (Phi) is 7.40. The van der Waals surface area contributed by atoms with Crippen LogP contribution < -0.4 is 20.6 Å². The lowest BCUT2D eigenvalue weighted by atomic mass is 10.1. The number of hydrazone groups is 1. The second-order valence-electron chi connectivity index (χ2n) is 6.56. The van der Waals surface area contributed by atoms with Crippen LogP contribution in [-0.2, 0) is 17.8 Å². The van der Waals surface area contributed by atoms with E-state index in [9.17, 15) is 4.79 Å². The number of carbonyl (C=O) groups excluding carboxylic acids is 1. The summed E-state index contributed by atoms with van der Waals surface area (Å²) < 4.78 is 11.6. The van der Waals surface area contributed by atoms with Crippen molar-refractivity contribution >= 4 is 28.6 Å². The average Bonchev–Trinajstić information content (AvgIpc) is 3.12. The number of benzene rings is 2. The van der Waals surface area contributed by atoms with Crippen molar-refractivity contribution in [2.24, 2.45) is 5.10 Å². The third-order valence-electron chi connectivity index (χ3n) is 4.06. The maximum atomic E-state index is 11.9. The lowest BCUT2D eigenvalue weighted by Gasteiger charge is -2.13. The molecule has 3 rings (SSSR count). The average molecular weight is 425 g/mol. The monoisotopic (exact) mass is 424 g/mol. The molecule has 0 atom stereocenters. The van der Waals surface area contributed by atoms with E-state index in [1.54, 1.807) is 11.6 Å². The number of hydrogen-bond donors (Lipinski definition) is 2. The van der Waals surface area contributed by atoms with Crippen LogP contribution in [0.25, 0.3) is 0 Å². The van der Waals surface area contributed by atoms with Crippen LogP contribution in [0.4, 0.5) is 5.13 Å². The number of nitrogens with one attached hydrogen (secondary N) is 1. The third-order valence-corrected chi connectivity index (χ3v) is 4.78. The number of amides is 1. The summed E-state index contributed by atoms with van der Waals surface area (Å²) in [5, 5.41) is 6.19. The number of aromatic nitrogens is 1. The quantitative estimate of drug-likeness (QED) is 0.403. The molecular weight excluding hydrogens is 400 g/mol. The van der Waals surface area contributed by atoms with Gasteiger partial charge in [0.1, 0.15) is 6.61 Å². The molecule has 156 valence electrons. The SMILES string of the molecule is CCOc1cc(/C=N/NC(=O)Cc2csc(N)n2)ccc1OCc1cccc(C)c1. The Morgan fingerprint density at radius 3 is 2.83 bits per heavy atom. The van der Waals surface area contributed by atoms with Crippen LogP contribution in [0.5, 0.6) is 11.5 Å². The maximum absolute atomic E-state index is 11.9. The number of aryl methyl sites for hydroxylation is 1. The summed E-state index contributed by atoms with van der Waals surface area (Å²) in [6.07, 6.45) is 1.68. The van der Waals surface area contributed by atoms with Gasteiger partial charge in [0.25, 0.3) is 0 Å². The van der Waals surface area contributed by atoms with Crippen LogP contribution in [-0.4, -0.2) is 23.7 Å². The highest BCUT2D eigenvalue weighted by Crippen LogP contribution is 2.29. The van der Waals surface area contributed by atoms with Crippen LogP contribution in [0.2, 0.25) is 0 Å². The standard InChI is InChI=1S/C22H24N4O3S/c1-3-28-20-10-16(12-24-26-21(27)11-18-14-30-22(23)25-18)7-8-19(20)29-13-17-6-4-5-15(2)9-17/h4-10,12,14H,3,11,13H2,1-2H3,(H2,23,25)(H,26,27)/b24-12+. The number of carbonyl (C=O) groups is 1. The summed E-state index contributed by atoms with van der Waals surface area (Å²) in [7, 11) is 0. The first-order chi connectivity index (χ1) is 14.5. The summed E-state index contributed by atoms with van der Waals surface area (Å²) in [4.78, 5) is 16.0. The minimum Gasteiger partial charge on any atom is -0.490 e. The van der Waals surface area contributed by atoms with E-state index >= 15 is 0 Å². The largest absolute Gasteiger partial charge is 0.490 e. The summed E-state index contributed by atoms with van der Waals surface area (Å²) in [5.74, 6) is 1.01. The van der Waals surface area contributed by atoms with Gasteiger partial charge in [-0.15, -0.1) is 11.3 Å². The first-order valence-corrected chi connectivity index (χ1v) is 10.4. The normalized spacial score (nSPS) is 10.9. The van der Waals surface area contributed by atoms with Gasteiger partial charge in [-0.1, -0.05) is 29.8 Å². The number of rotatable bonds is 9. The van der Waals surface area contributed by atoms with Crippen molar-refractivity contribution in [1.82, 2.24) is 10.4 Å². The molecule has 1 amide bonds. The van der Waals surface area contributed by atoms with Crippen LogP contribution in [0.3, 0.4) is 0 Å². The topological polar surface area (TPSA) is 98.8 Å². The molecule has 7 nitrogen and oxygen atoms in total. The van der Waals surface area contributed by atoms with Crippen LogP contribution in [0.1, 0.15) is 29.3 Å². The number of nitrogens with zero attached hydrogens (tertiary/aromatic N) is 2. The Labute approximate surface area is 179 Å². The van der Waals surface area contributed by atoms with Gasteiger partial charge in [-0.25, -0.2) is 10.4 Å². The van der Waals surface area contributed by atoms with E-state index in [-0.39, 0.29) is 12.3 Å². The van der Waals surface area contributed by atoms with Gasteiger partial charge in [-0.3, -0.25) is 4.79 Å². The van der Waals surface area contributed by atoms with Crippen molar-refractivity contribution in [2.75, 3.05) is 12.3 Å². The first-order valence-electron chi connectivity index (χ1n) is 9.50. The van der Waals surface area contributed by atoms with E-state index in [1.165, 1.54) is 16.9 Å². The van der Waals surface area contributed by atoms with Gasteiger partial charge in [0.15, 0.2) is 16.6 Å². The van der Waals surface area contributed by atoms with Crippen LogP contribution in [0.15, 0.2) is 52.9 Å². The Morgan fingerprint density at radius 1 is 1.23 bits per heavy atom. The second-order valence-corrected chi connectivity index (χ2v) is 7.45. The molecule has 8 heteroatoms. The highest BCUT2D eigenvalue weighted by molar-refractivity contribution is 7.13. The van der Waals surface area contributed by atoms with E-state index < -0.39 is 0 Å². The van der Waals surface area contributed by atoms with Crippen molar-refractivity contribution in [3.63, 3.8) is 0 Å². The van der Waals surface area contributed by atoms with E-state index in [0.717, 1.165) is 11.1 Å². The maximum Gasteiger partial charge on any atom is 0.246 e. The fourth-order valence-corrected chi connectivity index (χ4v) is 3.30. The first kappa shape index (κ1) is 21.3. The molecule has 0 saturated heterocycles. The van der Waals surface area contributed by atoms with E-state index in [0.29, 0.717) is 35.5 Å². The Hall–Kier alpha value is -3.39. The molecule has 0 spiro atoms. The van der Waals surface area contributed by atoms with Crippen molar-refractivity contribution in [2.45, 2.75) is 26.9 Å². The zero-order valence-electron chi connectivity index (χ0n) is 16.9. The highest BCUT2D eigenvalue weighted by atomic mass is 32.1. The summed E-state index contributed by atoms with van der Waals surface area (Å²) in [6, 6.07) is 13.7.